The fourth-order valence-electron chi connectivity index (χ4n) is 3.87. The Balaban J connectivity index is 1.65. The van der Waals surface area contributed by atoms with Gasteiger partial charge in [-0.2, -0.15) is 0 Å². The molecular formula is C14H25NO3. The summed E-state index contributed by atoms with van der Waals surface area (Å²) in [4.78, 5) is 0. The van der Waals surface area contributed by atoms with Crippen molar-refractivity contribution in [2.24, 2.45) is 11.8 Å². The number of ether oxygens (including phenoxy) is 2. The molecule has 0 amide bonds. The molecule has 3 fully saturated rings. The molecule has 3 aliphatic rings. The van der Waals surface area contributed by atoms with Gasteiger partial charge in [0.05, 0.1) is 11.7 Å². The minimum absolute atomic E-state index is 0.0539. The third-order valence-corrected chi connectivity index (χ3v) is 5.03. The molecule has 1 spiro atoms. The molecule has 3 aliphatic heterocycles. The first-order valence-corrected chi connectivity index (χ1v) is 7.40. The van der Waals surface area contributed by atoms with Gasteiger partial charge in [0.1, 0.15) is 0 Å². The van der Waals surface area contributed by atoms with Crippen LogP contribution in [0.15, 0.2) is 0 Å². The molecule has 3 saturated heterocycles. The van der Waals surface area contributed by atoms with Gasteiger partial charge in [0, 0.05) is 32.3 Å². The van der Waals surface area contributed by atoms with E-state index in [0.29, 0.717) is 11.8 Å². The first-order valence-electron chi connectivity index (χ1n) is 7.40. The van der Waals surface area contributed by atoms with Crippen molar-refractivity contribution in [3.05, 3.63) is 0 Å². The lowest BCUT2D eigenvalue weighted by molar-refractivity contribution is -0.158. The van der Waals surface area contributed by atoms with Crippen LogP contribution in [0.25, 0.3) is 0 Å². The summed E-state index contributed by atoms with van der Waals surface area (Å²) in [5.74, 6) is 1.03. The molecule has 3 unspecified atom stereocenters. The topological polar surface area (TPSA) is 50.7 Å². The summed E-state index contributed by atoms with van der Waals surface area (Å²) in [5.41, 5.74) is 0.0539. The average Bonchev–Trinajstić information content (AvgIpc) is 2.40. The van der Waals surface area contributed by atoms with Crippen LogP contribution in [0.2, 0.25) is 0 Å². The largest absolute Gasteiger partial charge is 0.393 e. The Labute approximate surface area is 109 Å². The van der Waals surface area contributed by atoms with Crippen molar-refractivity contribution in [2.75, 3.05) is 32.9 Å². The predicted octanol–water partition coefficient (Wildman–Crippen LogP) is 0.933. The Hall–Kier alpha value is -0.160. The number of aliphatic hydroxyl groups is 1. The van der Waals surface area contributed by atoms with Gasteiger partial charge in [-0.1, -0.05) is 0 Å². The fraction of sp³-hybridized carbons (Fsp3) is 1.00. The average molecular weight is 255 g/mol. The summed E-state index contributed by atoms with van der Waals surface area (Å²) in [6.45, 7) is 4.45. The second kappa shape index (κ2) is 5.45. The normalized spacial score (nSPS) is 40.8. The quantitative estimate of drug-likeness (QED) is 0.732. The maximum Gasteiger partial charge on any atom is 0.0729 e. The van der Waals surface area contributed by atoms with Crippen LogP contribution in [0.5, 0.6) is 0 Å². The first-order chi connectivity index (χ1) is 8.79. The second-order valence-electron chi connectivity index (χ2n) is 6.12. The molecule has 0 aliphatic carbocycles. The Morgan fingerprint density at radius 2 is 1.94 bits per heavy atom. The maximum absolute atomic E-state index is 10.2. The molecule has 104 valence electrons. The van der Waals surface area contributed by atoms with Crippen LogP contribution in [0.3, 0.4) is 0 Å². The highest BCUT2D eigenvalue weighted by atomic mass is 16.5. The molecule has 18 heavy (non-hydrogen) atoms. The van der Waals surface area contributed by atoms with Crippen molar-refractivity contribution < 1.29 is 14.6 Å². The minimum Gasteiger partial charge on any atom is -0.393 e. The van der Waals surface area contributed by atoms with Gasteiger partial charge in [-0.25, -0.2) is 0 Å². The van der Waals surface area contributed by atoms with Crippen LogP contribution in [0.1, 0.15) is 32.1 Å². The summed E-state index contributed by atoms with van der Waals surface area (Å²) < 4.78 is 11.5. The van der Waals surface area contributed by atoms with Gasteiger partial charge in [-0.15, -0.1) is 0 Å². The predicted molar refractivity (Wildman–Crippen MR) is 68.4 cm³/mol. The molecule has 2 N–H and O–H groups in total. The maximum atomic E-state index is 10.2. The van der Waals surface area contributed by atoms with E-state index in [9.17, 15) is 5.11 Å². The van der Waals surface area contributed by atoms with Gasteiger partial charge < -0.3 is 19.9 Å². The van der Waals surface area contributed by atoms with Crippen molar-refractivity contribution in [1.82, 2.24) is 5.32 Å². The smallest absolute Gasteiger partial charge is 0.0729 e. The summed E-state index contributed by atoms with van der Waals surface area (Å²) in [7, 11) is 0. The minimum atomic E-state index is -0.119. The highest BCUT2D eigenvalue weighted by molar-refractivity contribution is 4.93. The second-order valence-corrected chi connectivity index (χ2v) is 6.12. The van der Waals surface area contributed by atoms with Crippen molar-refractivity contribution >= 4 is 0 Å². The lowest BCUT2D eigenvalue weighted by Gasteiger charge is -2.47. The molecule has 4 nitrogen and oxygen atoms in total. The van der Waals surface area contributed by atoms with E-state index in [0.717, 1.165) is 65.0 Å². The van der Waals surface area contributed by atoms with Gasteiger partial charge in [-0.3, -0.25) is 0 Å². The van der Waals surface area contributed by atoms with Crippen LogP contribution in [0.4, 0.5) is 0 Å². The highest BCUT2D eigenvalue weighted by Crippen LogP contribution is 2.41. The zero-order valence-electron chi connectivity index (χ0n) is 11.1. The summed E-state index contributed by atoms with van der Waals surface area (Å²) in [6, 6.07) is 0. The van der Waals surface area contributed by atoms with Gasteiger partial charge in [0.15, 0.2) is 0 Å². The van der Waals surface area contributed by atoms with E-state index in [4.69, 9.17) is 9.47 Å². The monoisotopic (exact) mass is 255 g/mol. The van der Waals surface area contributed by atoms with E-state index < -0.39 is 0 Å². The molecule has 0 aromatic rings. The third-order valence-electron chi connectivity index (χ3n) is 5.03. The molecule has 3 heterocycles. The van der Waals surface area contributed by atoms with Gasteiger partial charge in [-0.05, 0) is 44.6 Å². The number of rotatable bonds is 1. The van der Waals surface area contributed by atoms with E-state index in [1.54, 1.807) is 0 Å². The standard InChI is InChI=1S/C14H25NO3/c16-13-1-5-15-10-12(13)11-2-6-18-14(9-11)3-7-17-8-4-14/h11-13,15-16H,1-10H2. The number of piperidine rings is 1. The van der Waals surface area contributed by atoms with Crippen molar-refractivity contribution in [3.8, 4) is 0 Å². The number of hydrogen-bond donors (Lipinski definition) is 2. The number of nitrogens with one attached hydrogen (secondary N) is 1. The first kappa shape index (κ1) is 12.9. The van der Waals surface area contributed by atoms with Crippen LogP contribution in [-0.2, 0) is 9.47 Å². The molecular weight excluding hydrogens is 230 g/mol. The molecule has 3 rings (SSSR count). The molecule has 3 atom stereocenters. The lowest BCUT2D eigenvalue weighted by atomic mass is 9.72. The molecule has 0 aromatic carbocycles. The number of hydrogen-bond acceptors (Lipinski definition) is 4. The van der Waals surface area contributed by atoms with Crippen molar-refractivity contribution in [3.63, 3.8) is 0 Å². The zero-order valence-corrected chi connectivity index (χ0v) is 11.1. The van der Waals surface area contributed by atoms with Crippen LogP contribution < -0.4 is 5.32 Å². The molecule has 0 bridgehead atoms. The van der Waals surface area contributed by atoms with E-state index in [-0.39, 0.29) is 11.7 Å². The van der Waals surface area contributed by atoms with Crippen LogP contribution in [0, 0.1) is 11.8 Å². The van der Waals surface area contributed by atoms with Crippen LogP contribution in [-0.4, -0.2) is 49.7 Å². The van der Waals surface area contributed by atoms with Gasteiger partial charge in [0.2, 0.25) is 0 Å². The Bertz CT molecular complexity index is 273. The summed E-state index contributed by atoms with van der Waals surface area (Å²) in [5, 5.41) is 13.6. The van der Waals surface area contributed by atoms with E-state index in [2.05, 4.69) is 5.32 Å². The fourth-order valence-corrected chi connectivity index (χ4v) is 3.87. The zero-order chi connectivity index (χ0) is 12.4. The Kier molecular flexibility index (Phi) is 3.89. The van der Waals surface area contributed by atoms with Crippen molar-refractivity contribution in [1.29, 1.82) is 0 Å². The van der Waals surface area contributed by atoms with Gasteiger partial charge in [0.25, 0.3) is 0 Å². The van der Waals surface area contributed by atoms with Crippen molar-refractivity contribution in [2.45, 2.75) is 43.8 Å². The molecule has 0 aromatic heterocycles. The third kappa shape index (κ3) is 2.57. The summed E-state index contributed by atoms with van der Waals surface area (Å²) in [6.07, 6.45) is 5.05. The molecule has 4 heteroatoms. The molecule has 0 radical (unpaired) electrons. The number of aliphatic hydroxyl groups excluding tert-OH is 1. The Morgan fingerprint density at radius 3 is 2.72 bits per heavy atom. The van der Waals surface area contributed by atoms with Crippen LogP contribution >= 0.6 is 0 Å². The SMILES string of the molecule is OC1CCNCC1C1CCOC2(CCOCC2)C1. The van der Waals surface area contributed by atoms with E-state index in [1.807, 2.05) is 0 Å². The lowest BCUT2D eigenvalue weighted by Crippen LogP contribution is -2.50. The Morgan fingerprint density at radius 1 is 1.11 bits per heavy atom. The summed E-state index contributed by atoms with van der Waals surface area (Å²) >= 11 is 0. The van der Waals surface area contributed by atoms with E-state index in [1.165, 1.54) is 0 Å². The van der Waals surface area contributed by atoms with Gasteiger partial charge >= 0.3 is 0 Å². The molecule has 0 saturated carbocycles. The van der Waals surface area contributed by atoms with E-state index >= 15 is 0 Å². The highest BCUT2D eigenvalue weighted by Gasteiger charge is 2.42.